The van der Waals surface area contributed by atoms with Crippen molar-refractivity contribution in [3.8, 4) is 0 Å². The van der Waals surface area contributed by atoms with Gasteiger partial charge in [-0.1, -0.05) is 29.8 Å². The average molecular weight is 316 g/mol. The van der Waals surface area contributed by atoms with Crippen LogP contribution in [0, 0.1) is 0 Å². The Balaban J connectivity index is 1.74. The summed E-state index contributed by atoms with van der Waals surface area (Å²) in [6.45, 7) is 0. The monoisotopic (exact) mass is 315 g/mol. The van der Waals surface area contributed by atoms with Gasteiger partial charge in [0.25, 0.3) is 0 Å². The van der Waals surface area contributed by atoms with Gasteiger partial charge in [0, 0.05) is 11.1 Å². The first-order valence-electron chi connectivity index (χ1n) is 6.18. The summed E-state index contributed by atoms with van der Waals surface area (Å²) in [6.07, 6.45) is 3.20. The molecule has 3 aromatic rings. The second kappa shape index (κ2) is 6.03. The van der Waals surface area contributed by atoms with Gasteiger partial charge in [0.05, 0.1) is 17.4 Å². The molecule has 0 saturated heterocycles. The van der Waals surface area contributed by atoms with E-state index < -0.39 is 0 Å². The summed E-state index contributed by atoms with van der Waals surface area (Å²) in [7, 11) is 0. The minimum Gasteiger partial charge on any atom is -0.321 e. The predicted molar refractivity (Wildman–Crippen MR) is 86.5 cm³/mol. The van der Waals surface area contributed by atoms with E-state index in [1.54, 1.807) is 24.3 Å². The molecule has 0 spiro atoms. The molecule has 1 heterocycles. The second-order valence-electron chi connectivity index (χ2n) is 4.31. The molecule has 6 heteroatoms. The summed E-state index contributed by atoms with van der Waals surface area (Å²) in [5.41, 5.74) is 3.05. The van der Waals surface area contributed by atoms with Crippen LogP contribution >= 0.6 is 23.3 Å². The zero-order valence-corrected chi connectivity index (χ0v) is 12.4. The molecule has 2 aromatic carbocycles. The Hall–Kier alpha value is -2.24. The molecule has 3 rings (SSSR count). The minimum absolute atomic E-state index is 0.217. The molecule has 4 nitrogen and oxygen atoms in total. The van der Waals surface area contributed by atoms with Crippen LogP contribution in [0.5, 0.6) is 0 Å². The molecule has 0 saturated carbocycles. The Morgan fingerprint density at radius 2 is 1.95 bits per heavy atom. The minimum atomic E-state index is -0.217. The highest BCUT2D eigenvalue weighted by molar-refractivity contribution is 7.00. The lowest BCUT2D eigenvalue weighted by atomic mass is 10.2. The molecule has 0 radical (unpaired) electrons. The van der Waals surface area contributed by atoms with Crippen LogP contribution in [0.15, 0.2) is 48.5 Å². The zero-order valence-electron chi connectivity index (χ0n) is 10.8. The number of aromatic nitrogens is 2. The fourth-order valence-electron chi connectivity index (χ4n) is 1.83. The summed E-state index contributed by atoms with van der Waals surface area (Å²) in [5, 5.41) is 3.47. The zero-order chi connectivity index (χ0) is 14.7. The molecule has 0 atom stereocenters. The fraction of sp³-hybridized carbons (Fsp3) is 0. The van der Waals surface area contributed by atoms with Gasteiger partial charge in [-0.05, 0) is 35.9 Å². The van der Waals surface area contributed by atoms with Crippen molar-refractivity contribution in [1.29, 1.82) is 0 Å². The lowest BCUT2D eigenvalue weighted by Gasteiger charge is -2.02. The van der Waals surface area contributed by atoms with Crippen LogP contribution in [0.25, 0.3) is 17.1 Å². The standard InChI is InChI=1S/C15H10ClN3OS/c16-11-7-4-10(5-8-11)6-9-14(20)17-12-2-1-3-13-15(12)19-21-18-13/h1-9H,(H,17,20)/b9-6+. The summed E-state index contributed by atoms with van der Waals surface area (Å²) in [5.74, 6) is -0.217. The third-order valence-corrected chi connectivity index (χ3v) is 3.64. The molecule has 104 valence electrons. The summed E-state index contributed by atoms with van der Waals surface area (Å²) < 4.78 is 8.31. The van der Waals surface area contributed by atoms with Gasteiger partial charge in [0.1, 0.15) is 11.0 Å². The van der Waals surface area contributed by atoms with Gasteiger partial charge in [-0.3, -0.25) is 4.79 Å². The third kappa shape index (κ3) is 3.26. The number of benzene rings is 2. The highest BCUT2D eigenvalue weighted by Gasteiger charge is 2.06. The number of carbonyl (C=O) groups excluding carboxylic acids is 1. The van der Waals surface area contributed by atoms with Gasteiger partial charge < -0.3 is 5.32 Å². The number of rotatable bonds is 3. The largest absolute Gasteiger partial charge is 0.321 e. The van der Waals surface area contributed by atoms with Crippen LogP contribution in [0.3, 0.4) is 0 Å². The van der Waals surface area contributed by atoms with Crippen molar-refractivity contribution in [2.45, 2.75) is 0 Å². The Labute approximate surface area is 130 Å². The van der Waals surface area contributed by atoms with Crippen molar-refractivity contribution in [2.75, 3.05) is 5.32 Å². The molecule has 0 unspecified atom stereocenters. The third-order valence-electron chi connectivity index (χ3n) is 2.84. The number of nitrogens with one attached hydrogen (secondary N) is 1. The highest BCUT2D eigenvalue weighted by atomic mass is 35.5. The molecule has 0 aliphatic carbocycles. The Bertz CT molecular complexity index is 811. The van der Waals surface area contributed by atoms with Crippen LogP contribution < -0.4 is 5.32 Å². The molecule has 21 heavy (non-hydrogen) atoms. The smallest absolute Gasteiger partial charge is 0.248 e. The molecule has 0 aliphatic rings. The Morgan fingerprint density at radius 1 is 1.14 bits per heavy atom. The lowest BCUT2D eigenvalue weighted by molar-refractivity contribution is -0.111. The maximum absolute atomic E-state index is 11.9. The van der Waals surface area contributed by atoms with E-state index in [1.165, 1.54) is 6.08 Å². The number of fused-ring (bicyclic) bond motifs is 1. The fourth-order valence-corrected chi connectivity index (χ4v) is 2.50. The van der Waals surface area contributed by atoms with Crippen LogP contribution in [-0.4, -0.2) is 14.7 Å². The second-order valence-corrected chi connectivity index (χ2v) is 5.28. The lowest BCUT2D eigenvalue weighted by Crippen LogP contribution is -2.08. The van der Waals surface area contributed by atoms with Crippen molar-refractivity contribution in [3.05, 3.63) is 59.1 Å². The van der Waals surface area contributed by atoms with E-state index in [0.29, 0.717) is 16.2 Å². The SMILES string of the molecule is O=C(/C=C/c1ccc(Cl)cc1)Nc1cccc2nsnc12. The topological polar surface area (TPSA) is 54.9 Å². The van der Waals surface area contributed by atoms with E-state index >= 15 is 0 Å². The highest BCUT2D eigenvalue weighted by Crippen LogP contribution is 2.21. The quantitative estimate of drug-likeness (QED) is 0.743. The predicted octanol–water partition coefficient (Wildman–Crippen LogP) is 4.00. The van der Waals surface area contributed by atoms with E-state index in [4.69, 9.17) is 11.6 Å². The summed E-state index contributed by atoms with van der Waals surface area (Å²) in [6, 6.07) is 12.7. The summed E-state index contributed by atoms with van der Waals surface area (Å²) in [4.78, 5) is 11.9. The number of halogens is 1. The molecule has 1 amide bonds. The Morgan fingerprint density at radius 3 is 2.76 bits per heavy atom. The van der Waals surface area contributed by atoms with Gasteiger partial charge in [-0.15, -0.1) is 0 Å². The van der Waals surface area contributed by atoms with Gasteiger partial charge >= 0.3 is 0 Å². The molecule has 1 aromatic heterocycles. The summed E-state index contributed by atoms with van der Waals surface area (Å²) >= 11 is 6.94. The Kier molecular flexibility index (Phi) is 3.94. The van der Waals surface area contributed by atoms with Crippen LogP contribution in [0.4, 0.5) is 5.69 Å². The number of hydrogen-bond acceptors (Lipinski definition) is 4. The first kappa shape index (κ1) is 13.7. The van der Waals surface area contributed by atoms with E-state index in [-0.39, 0.29) is 5.91 Å². The first-order valence-corrected chi connectivity index (χ1v) is 7.29. The molecule has 0 aliphatic heterocycles. The maximum atomic E-state index is 11.9. The van der Waals surface area contributed by atoms with E-state index in [0.717, 1.165) is 22.8 Å². The number of anilines is 1. The molecule has 1 N–H and O–H groups in total. The van der Waals surface area contributed by atoms with Crippen LogP contribution in [0.1, 0.15) is 5.56 Å². The van der Waals surface area contributed by atoms with Gasteiger partial charge in [-0.2, -0.15) is 8.75 Å². The molecular formula is C15H10ClN3OS. The first-order chi connectivity index (χ1) is 10.2. The normalized spacial score (nSPS) is 11.1. The van der Waals surface area contributed by atoms with Gasteiger partial charge in [-0.25, -0.2) is 0 Å². The number of amides is 1. The van der Waals surface area contributed by atoms with Crippen molar-refractivity contribution in [1.82, 2.24) is 8.75 Å². The van der Waals surface area contributed by atoms with Crippen molar-refractivity contribution < 1.29 is 4.79 Å². The molecular weight excluding hydrogens is 306 g/mol. The van der Waals surface area contributed by atoms with Crippen LogP contribution in [-0.2, 0) is 4.79 Å². The maximum Gasteiger partial charge on any atom is 0.248 e. The van der Waals surface area contributed by atoms with Crippen LogP contribution in [0.2, 0.25) is 5.02 Å². The van der Waals surface area contributed by atoms with Gasteiger partial charge in [0.2, 0.25) is 5.91 Å². The van der Waals surface area contributed by atoms with Gasteiger partial charge in [0.15, 0.2) is 0 Å². The van der Waals surface area contributed by atoms with Crippen molar-refractivity contribution in [2.24, 2.45) is 0 Å². The number of carbonyl (C=O) groups is 1. The number of nitrogens with zero attached hydrogens (tertiary/aromatic N) is 2. The molecule has 0 bridgehead atoms. The van der Waals surface area contributed by atoms with Crippen molar-refractivity contribution in [3.63, 3.8) is 0 Å². The van der Waals surface area contributed by atoms with E-state index in [9.17, 15) is 4.79 Å². The van der Waals surface area contributed by atoms with Crippen molar-refractivity contribution >= 4 is 52.0 Å². The van der Waals surface area contributed by atoms with E-state index in [1.807, 2.05) is 24.3 Å². The molecule has 0 fully saturated rings. The average Bonchev–Trinajstić information content (AvgIpc) is 2.96. The number of hydrogen-bond donors (Lipinski definition) is 1. The van der Waals surface area contributed by atoms with E-state index in [2.05, 4.69) is 14.1 Å².